The molecule has 0 aromatic heterocycles. The van der Waals surface area contributed by atoms with Crippen molar-refractivity contribution >= 4 is 11.9 Å². The van der Waals surface area contributed by atoms with Gasteiger partial charge in [-0.1, -0.05) is 12.1 Å². The lowest BCUT2D eigenvalue weighted by atomic mass is 10.2. The minimum absolute atomic E-state index is 0.0581. The van der Waals surface area contributed by atoms with Crippen LogP contribution in [0.5, 0.6) is 5.75 Å². The third kappa shape index (κ3) is 3.45. The van der Waals surface area contributed by atoms with Gasteiger partial charge in [0.15, 0.2) is 6.61 Å². The zero-order valence-corrected chi connectivity index (χ0v) is 10.3. The molecule has 6 nitrogen and oxygen atoms in total. The largest absolute Gasteiger partial charge is 0.545 e. The van der Waals surface area contributed by atoms with Gasteiger partial charge in [-0.05, 0) is 12.1 Å². The highest BCUT2D eigenvalue weighted by atomic mass is 16.5. The van der Waals surface area contributed by atoms with E-state index in [-0.39, 0.29) is 23.8 Å². The third-order valence-corrected chi connectivity index (χ3v) is 2.82. The van der Waals surface area contributed by atoms with Gasteiger partial charge in [-0.2, -0.15) is 0 Å². The van der Waals surface area contributed by atoms with Gasteiger partial charge in [-0.15, -0.1) is 0 Å². The van der Waals surface area contributed by atoms with Crippen molar-refractivity contribution in [1.82, 2.24) is 4.90 Å². The predicted octanol–water partition coefficient (Wildman–Crippen LogP) is -0.712. The molecular formula is C13H14NO5-. The standard InChI is InChI=1S/C13H15NO5/c15-12(14-5-7-18-8-6-14)9-19-11-4-2-1-3-10(11)13(16)17/h1-4H,5-9H2,(H,16,17)/p-1. The lowest BCUT2D eigenvalue weighted by molar-refractivity contribution is -0.255. The van der Waals surface area contributed by atoms with Gasteiger partial charge in [0, 0.05) is 18.7 Å². The van der Waals surface area contributed by atoms with Gasteiger partial charge in [0.05, 0.1) is 19.2 Å². The molecule has 19 heavy (non-hydrogen) atoms. The summed E-state index contributed by atoms with van der Waals surface area (Å²) in [5.41, 5.74) is -0.0581. The molecule has 0 aliphatic carbocycles. The molecule has 1 aromatic rings. The summed E-state index contributed by atoms with van der Waals surface area (Å²) in [6.07, 6.45) is 0. The molecule has 0 unspecified atom stereocenters. The van der Waals surface area contributed by atoms with Gasteiger partial charge in [-0.25, -0.2) is 0 Å². The number of para-hydroxylation sites is 1. The molecule has 6 heteroatoms. The highest BCUT2D eigenvalue weighted by Crippen LogP contribution is 2.17. The highest BCUT2D eigenvalue weighted by molar-refractivity contribution is 5.89. The van der Waals surface area contributed by atoms with Gasteiger partial charge < -0.3 is 24.3 Å². The number of ether oxygens (including phenoxy) is 2. The summed E-state index contributed by atoms with van der Waals surface area (Å²) in [6, 6.07) is 6.09. The van der Waals surface area contributed by atoms with E-state index >= 15 is 0 Å². The minimum Gasteiger partial charge on any atom is -0.545 e. The van der Waals surface area contributed by atoms with Crippen molar-refractivity contribution in [3.63, 3.8) is 0 Å². The van der Waals surface area contributed by atoms with Gasteiger partial charge in [-0.3, -0.25) is 4.79 Å². The smallest absolute Gasteiger partial charge is 0.260 e. The van der Waals surface area contributed by atoms with Crippen molar-refractivity contribution in [3.8, 4) is 5.75 Å². The maximum absolute atomic E-state index is 11.8. The zero-order chi connectivity index (χ0) is 13.7. The van der Waals surface area contributed by atoms with Crippen molar-refractivity contribution in [2.45, 2.75) is 0 Å². The Hall–Kier alpha value is -2.08. The summed E-state index contributed by atoms with van der Waals surface area (Å²) < 4.78 is 10.4. The van der Waals surface area contributed by atoms with Gasteiger partial charge in [0.2, 0.25) is 0 Å². The van der Waals surface area contributed by atoms with Crippen LogP contribution in [0.4, 0.5) is 0 Å². The van der Waals surface area contributed by atoms with Crippen LogP contribution in [0.1, 0.15) is 10.4 Å². The number of hydrogen-bond acceptors (Lipinski definition) is 5. The maximum Gasteiger partial charge on any atom is 0.260 e. The van der Waals surface area contributed by atoms with E-state index in [9.17, 15) is 14.7 Å². The molecular weight excluding hydrogens is 250 g/mol. The first-order chi connectivity index (χ1) is 9.18. The molecule has 0 atom stereocenters. The Bertz CT molecular complexity index is 468. The van der Waals surface area contributed by atoms with E-state index in [1.165, 1.54) is 12.1 Å². The number of amides is 1. The number of hydrogen-bond donors (Lipinski definition) is 0. The van der Waals surface area contributed by atoms with Crippen LogP contribution in [0, 0.1) is 0 Å². The summed E-state index contributed by atoms with van der Waals surface area (Å²) >= 11 is 0. The van der Waals surface area contributed by atoms with E-state index in [4.69, 9.17) is 9.47 Å². The van der Waals surface area contributed by atoms with Crippen molar-refractivity contribution in [2.75, 3.05) is 32.9 Å². The number of rotatable bonds is 4. The zero-order valence-electron chi connectivity index (χ0n) is 10.3. The number of carboxylic acids is 1. The van der Waals surface area contributed by atoms with Gasteiger partial charge in [0.25, 0.3) is 5.91 Å². The van der Waals surface area contributed by atoms with E-state index < -0.39 is 5.97 Å². The van der Waals surface area contributed by atoms with Crippen LogP contribution in [-0.2, 0) is 9.53 Å². The molecule has 102 valence electrons. The SMILES string of the molecule is O=C([O-])c1ccccc1OCC(=O)N1CCOCC1. The van der Waals surface area contributed by atoms with Crippen LogP contribution in [0.2, 0.25) is 0 Å². The first-order valence-corrected chi connectivity index (χ1v) is 5.97. The molecule has 1 amide bonds. The van der Waals surface area contributed by atoms with Gasteiger partial charge >= 0.3 is 0 Å². The summed E-state index contributed by atoms with van der Waals surface area (Å²) in [5, 5.41) is 10.9. The van der Waals surface area contributed by atoms with E-state index in [1.807, 2.05) is 0 Å². The highest BCUT2D eigenvalue weighted by Gasteiger charge is 2.17. The molecule has 1 aliphatic heterocycles. The number of aromatic carboxylic acids is 1. The number of carboxylic acid groups (broad SMARTS) is 1. The average Bonchev–Trinajstić information content (AvgIpc) is 2.46. The third-order valence-electron chi connectivity index (χ3n) is 2.82. The van der Waals surface area contributed by atoms with Crippen molar-refractivity contribution in [1.29, 1.82) is 0 Å². The van der Waals surface area contributed by atoms with Crippen LogP contribution >= 0.6 is 0 Å². The summed E-state index contributed by atoms with van der Waals surface area (Å²) in [6.45, 7) is 1.90. The second kappa shape index (κ2) is 6.19. The molecule has 0 N–H and O–H groups in total. The maximum atomic E-state index is 11.8. The topological polar surface area (TPSA) is 78.9 Å². The molecule has 1 aromatic carbocycles. The normalized spacial score (nSPS) is 15.1. The number of carbonyl (C=O) groups is 2. The monoisotopic (exact) mass is 264 g/mol. The van der Waals surface area contributed by atoms with Crippen LogP contribution in [0.25, 0.3) is 0 Å². The van der Waals surface area contributed by atoms with Crippen LogP contribution in [0.15, 0.2) is 24.3 Å². The summed E-state index contributed by atoms with van der Waals surface area (Å²) in [4.78, 5) is 24.3. The molecule has 0 saturated carbocycles. The average molecular weight is 264 g/mol. The van der Waals surface area contributed by atoms with Crippen molar-refractivity contribution in [3.05, 3.63) is 29.8 Å². The fourth-order valence-corrected chi connectivity index (χ4v) is 1.80. The summed E-state index contributed by atoms with van der Waals surface area (Å²) in [5.74, 6) is -1.37. The lowest BCUT2D eigenvalue weighted by Crippen LogP contribution is -2.43. The molecule has 1 saturated heterocycles. The summed E-state index contributed by atoms with van der Waals surface area (Å²) in [7, 11) is 0. The molecule has 2 rings (SSSR count). The Kier molecular flexibility index (Phi) is 4.35. The fraction of sp³-hybridized carbons (Fsp3) is 0.385. The Labute approximate surface area is 110 Å². The number of carbonyl (C=O) groups excluding carboxylic acids is 2. The minimum atomic E-state index is -1.32. The van der Waals surface area contributed by atoms with E-state index in [0.717, 1.165) is 0 Å². The molecule has 0 radical (unpaired) electrons. The lowest BCUT2D eigenvalue weighted by Gasteiger charge is -2.26. The van der Waals surface area contributed by atoms with Crippen molar-refractivity contribution in [2.24, 2.45) is 0 Å². The van der Waals surface area contributed by atoms with E-state index in [1.54, 1.807) is 17.0 Å². The fourth-order valence-electron chi connectivity index (χ4n) is 1.80. The number of morpholine rings is 1. The first kappa shape index (κ1) is 13.4. The Morgan fingerprint density at radius 2 is 1.95 bits per heavy atom. The molecule has 0 bridgehead atoms. The quantitative estimate of drug-likeness (QED) is 0.717. The van der Waals surface area contributed by atoms with E-state index in [2.05, 4.69) is 0 Å². The van der Waals surface area contributed by atoms with Gasteiger partial charge in [0.1, 0.15) is 5.75 Å². The predicted molar refractivity (Wildman–Crippen MR) is 63.7 cm³/mol. The molecule has 1 heterocycles. The van der Waals surface area contributed by atoms with Crippen LogP contribution in [-0.4, -0.2) is 49.7 Å². The Morgan fingerprint density at radius 1 is 1.26 bits per heavy atom. The number of benzene rings is 1. The second-order valence-electron chi connectivity index (χ2n) is 4.07. The van der Waals surface area contributed by atoms with Crippen molar-refractivity contribution < 1.29 is 24.2 Å². The molecule has 1 fully saturated rings. The van der Waals surface area contributed by atoms with Crippen LogP contribution in [0.3, 0.4) is 0 Å². The number of nitrogens with zero attached hydrogens (tertiary/aromatic N) is 1. The van der Waals surface area contributed by atoms with E-state index in [0.29, 0.717) is 26.3 Å². The molecule has 0 spiro atoms. The van der Waals surface area contributed by atoms with Crippen LogP contribution < -0.4 is 9.84 Å². The Balaban J connectivity index is 1.94. The molecule has 1 aliphatic rings. The first-order valence-electron chi connectivity index (χ1n) is 5.97. The second-order valence-corrected chi connectivity index (χ2v) is 4.07. The Morgan fingerprint density at radius 3 is 2.63 bits per heavy atom.